The molecule has 8 heteroatoms. The summed E-state index contributed by atoms with van der Waals surface area (Å²) in [6.07, 6.45) is 1.64. The highest BCUT2D eigenvalue weighted by Gasteiger charge is 2.18. The summed E-state index contributed by atoms with van der Waals surface area (Å²) in [5.74, 6) is 3.01. The average molecular weight is 456 g/mol. The first-order valence-electron chi connectivity index (χ1n) is 10.5. The van der Waals surface area contributed by atoms with Gasteiger partial charge in [0, 0.05) is 18.7 Å². The number of carbonyl (C=O) groups excluding carboxylic acids is 1. The van der Waals surface area contributed by atoms with Crippen molar-refractivity contribution in [1.82, 2.24) is 4.90 Å². The summed E-state index contributed by atoms with van der Waals surface area (Å²) >= 11 is 0. The second-order valence-electron chi connectivity index (χ2n) is 7.43. The van der Waals surface area contributed by atoms with Crippen LogP contribution in [-0.4, -0.2) is 56.9 Å². The van der Waals surface area contributed by atoms with Crippen molar-refractivity contribution >= 4 is 6.29 Å². The van der Waals surface area contributed by atoms with E-state index in [0.29, 0.717) is 48.2 Å². The molecule has 0 spiro atoms. The van der Waals surface area contributed by atoms with Gasteiger partial charge in [-0.2, -0.15) is 0 Å². The number of rotatable bonds is 13. The van der Waals surface area contributed by atoms with Crippen LogP contribution in [0.3, 0.4) is 0 Å². The number of hydrogen-bond acceptors (Lipinski definition) is 8. The Kier molecular flexibility index (Phi) is 8.74. The van der Waals surface area contributed by atoms with Crippen LogP contribution in [0.1, 0.15) is 21.7 Å². The van der Waals surface area contributed by atoms with Crippen molar-refractivity contribution in [3.8, 4) is 23.0 Å². The minimum Gasteiger partial charge on any atom is -0.493 e. The molecule has 0 saturated heterocycles. The van der Waals surface area contributed by atoms with Crippen LogP contribution in [0, 0.1) is 0 Å². The van der Waals surface area contributed by atoms with E-state index in [9.17, 15) is 9.90 Å². The number of ether oxygens (including phenoxy) is 4. The summed E-state index contributed by atoms with van der Waals surface area (Å²) in [4.78, 5) is 12.8. The van der Waals surface area contributed by atoms with Gasteiger partial charge in [0.2, 0.25) is 5.75 Å². The van der Waals surface area contributed by atoms with Gasteiger partial charge in [0.25, 0.3) is 0 Å². The Morgan fingerprint density at radius 2 is 1.70 bits per heavy atom. The summed E-state index contributed by atoms with van der Waals surface area (Å²) < 4.78 is 27.5. The fraction of sp³-hybridized carbons (Fsp3) is 0.320. The highest BCUT2D eigenvalue weighted by molar-refractivity contribution is 5.74. The predicted molar refractivity (Wildman–Crippen MR) is 122 cm³/mol. The number of aliphatic hydroxyl groups excluding tert-OH is 1. The molecule has 1 atom stereocenters. The molecular weight excluding hydrogens is 426 g/mol. The maximum absolute atomic E-state index is 10.8. The first-order valence-corrected chi connectivity index (χ1v) is 10.5. The van der Waals surface area contributed by atoms with Crippen LogP contribution in [-0.2, 0) is 13.1 Å². The van der Waals surface area contributed by atoms with Gasteiger partial charge in [-0.25, -0.2) is 0 Å². The first-order chi connectivity index (χ1) is 16.1. The zero-order valence-corrected chi connectivity index (χ0v) is 19.0. The largest absolute Gasteiger partial charge is 0.493 e. The van der Waals surface area contributed by atoms with Crippen LogP contribution >= 0.6 is 0 Å². The molecule has 0 aliphatic carbocycles. The van der Waals surface area contributed by atoms with E-state index in [0.717, 1.165) is 17.6 Å². The molecule has 0 fully saturated rings. The van der Waals surface area contributed by atoms with Gasteiger partial charge < -0.3 is 28.5 Å². The van der Waals surface area contributed by atoms with E-state index < -0.39 is 6.10 Å². The van der Waals surface area contributed by atoms with Gasteiger partial charge in [-0.05, 0) is 54.1 Å². The third kappa shape index (κ3) is 6.74. The number of methoxy groups -OCH3 is 3. The quantitative estimate of drug-likeness (QED) is 0.391. The highest BCUT2D eigenvalue weighted by Crippen LogP contribution is 2.38. The Bertz CT molecular complexity index is 977. The van der Waals surface area contributed by atoms with Gasteiger partial charge in [-0.3, -0.25) is 9.69 Å². The molecule has 0 bridgehead atoms. The molecule has 0 radical (unpaired) electrons. The molecule has 176 valence electrons. The molecule has 1 N–H and O–H groups in total. The topological polar surface area (TPSA) is 90.6 Å². The standard InChI is InChI=1S/C25H29NO7/c1-29-23-11-19(12-24(30-2)25(23)31-3)13-26(15-22-5-4-10-32-22)14-20(28)17-33-21-8-6-18(16-27)7-9-21/h4-12,16,20,28H,13-15,17H2,1-3H3. The summed E-state index contributed by atoms with van der Waals surface area (Å²) in [5.41, 5.74) is 1.49. The number of nitrogens with zero attached hydrogens (tertiary/aromatic N) is 1. The molecule has 3 rings (SSSR count). The smallest absolute Gasteiger partial charge is 0.203 e. The second kappa shape index (κ2) is 11.9. The summed E-state index contributed by atoms with van der Waals surface area (Å²) in [6.45, 7) is 1.44. The lowest BCUT2D eigenvalue weighted by Crippen LogP contribution is -2.35. The van der Waals surface area contributed by atoms with Gasteiger partial charge in [0.05, 0.1) is 34.1 Å². The van der Waals surface area contributed by atoms with Crippen LogP contribution in [0.5, 0.6) is 23.0 Å². The van der Waals surface area contributed by atoms with E-state index in [4.69, 9.17) is 23.4 Å². The molecule has 8 nitrogen and oxygen atoms in total. The fourth-order valence-corrected chi connectivity index (χ4v) is 3.48. The molecule has 0 amide bonds. The van der Waals surface area contributed by atoms with Crippen LogP contribution in [0.15, 0.2) is 59.2 Å². The van der Waals surface area contributed by atoms with Gasteiger partial charge in [0.15, 0.2) is 11.5 Å². The van der Waals surface area contributed by atoms with Crippen molar-refractivity contribution in [2.24, 2.45) is 0 Å². The number of aliphatic hydroxyl groups is 1. The van der Waals surface area contributed by atoms with Gasteiger partial charge >= 0.3 is 0 Å². The molecule has 0 saturated carbocycles. The minimum atomic E-state index is -0.757. The van der Waals surface area contributed by atoms with Crippen molar-refractivity contribution in [2.45, 2.75) is 19.2 Å². The van der Waals surface area contributed by atoms with E-state index in [1.807, 2.05) is 29.2 Å². The molecule has 1 heterocycles. The van der Waals surface area contributed by atoms with E-state index >= 15 is 0 Å². The highest BCUT2D eigenvalue weighted by atomic mass is 16.5. The third-order valence-electron chi connectivity index (χ3n) is 5.02. The number of aldehydes is 1. The third-order valence-corrected chi connectivity index (χ3v) is 5.02. The number of furan rings is 1. The molecular formula is C25H29NO7. The SMILES string of the molecule is COc1cc(CN(Cc2ccco2)CC(O)COc2ccc(C=O)cc2)cc(OC)c1OC. The zero-order valence-electron chi connectivity index (χ0n) is 19.0. The Morgan fingerprint density at radius 3 is 2.24 bits per heavy atom. The van der Waals surface area contributed by atoms with E-state index in [1.165, 1.54) is 0 Å². The van der Waals surface area contributed by atoms with E-state index in [2.05, 4.69) is 0 Å². The minimum absolute atomic E-state index is 0.102. The normalized spacial score (nSPS) is 11.8. The lowest BCUT2D eigenvalue weighted by molar-refractivity contribution is 0.0604. The number of hydrogen-bond donors (Lipinski definition) is 1. The Morgan fingerprint density at radius 1 is 1.00 bits per heavy atom. The molecule has 1 unspecified atom stereocenters. The Hall–Kier alpha value is -3.49. The summed E-state index contributed by atoms with van der Waals surface area (Å²) in [6, 6.07) is 14.2. The van der Waals surface area contributed by atoms with Gasteiger partial charge in [-0.15, -0.1) is 0 Å². The second-order valence-corrected chi connectivity index (χ2v) is 7.43. The molecule has 3 aromatic rings. The van der Waals surface area contributed by atoms with E-state index in [-0.39, 0.29) is 6.61 Å². The first kappa shape index (κ1) is 24.2. The van der Waals surface area contributed by atoms with Crippen molar-refractivity contribution in [2.75, 3.05) is 34.5 Å². The summed E-state index contributed by atoms with van der Waals surface area (Å²) in [7, 11) is 4.71. The lowest BCUT2D eigenvalue weighted by atomic mass is 10.1. The summed E-state index contributed by atoms with van der Waals surface area (Å²) in [5, 5.41) is 10.6. The van der Waals surface area contributed by atoms with Crippen LogP contribution in [0.25, 0.3) is 0 Å². The van der Waals surface area contributed by atoms with Crippen LogP contribution in [0.4, 0.5) is 0 Å². The Labute approximate surface area is 193 Å². The van der Waals surface area contributed by atoms with Gasteiger partial charge in [-0.1, -0.05) is 0 Å². The lowest BCUT2D eigenvalue weighted by Gasteiger charge is -2.25. The van der Waals surface area contributed by atoms with Gasteiger partial charge in [0.1, 0.15) is 30.5 Å². The molecule has 0 aliphatic rings. The van der Waals surface area contributed by atoms with Crippen molar-refractivity contribution in [1.29, 1.82) is 0 Å². The number of benzene rings is 2. The maximum atomic E-state index is 10.8. The zero-order chi connectivity index (χ0) is 23.6. The number of carbonyl (C=O) groups is 1. The van der Waals surface area contributed by atoms with Crippen molar-refractivity contribution < 1.29 is 33.3 Å². The van der Waals surface area contributed by atoms with Crippen LogP contribution < -0.4 is 18.9 Å². The predicted octanol–water partition coefficient (Wildman–Crippen LogP) is 3.56. The fourth-order valence-electron chi connectivity index (χ4n) is 3.48. The molecule has 33 heavy (non-hydrogen) atoms. The monoisotopic (exact) mass is 455 g/mol. The molecule has 2 aromatic carbocycles. The molecule has 1 aromatic heterocycles. The van der Waals surface area contributed by atoms with Crippen molar-refractivity contribution in [3.05, 3.63) is 71.7 Å². The molecule has 0 aliphatic heterocycles. The maximum Gasteiger partial charge on any atom is 0.203 e. The Balaban J connectivity index is 1.71. The van der Waals surface area contributed by atoms with Crippen LogP contribution in [0.2, 0.25) is 0 Å². The van der Waals surface area contributed by atoms with Crippen molar-refractivity contribution in [3.63, 3.8) is 0 Å². The average Bonchev–Trinajstić information content (AvgIpc) is 3.35. The van der Waals surface area contributed by atoms with E-state index in [1.54, 1.807) is 51.9 Å².